The van der Waals surface area contributed by atoms with Crippen molar-refractivity contribution in [1.29, 1.82) is 0 Å². The number of aromatic nitrogens is 2. The SMILES string of the molecule is Cc1nc(Cl)cc(Oc2ccc(NC(=O)OC(C)(C)C)cc2Cl)n1. The molecule has 0 fully saturated rings. The third-order valence-corrected chi connectivity index (χ3v) is 3.06. The van der Waals surface area contributed by atoms with E-state index in [4.69, 9.17) is 32.7 Å². The Morgan fingerprint density at radius 2 is 1.88 bits per heavy atom. The first kappa shape index (κ1) is 18.3. The summed E-state index contributed by atoms with van der Waals surface area (Å²) in [6, 6.07) is 6.29. The Labute approximate surface area is 150 Å². The highest BCUT2D eigenvalue weighted by Gasteiger charge is 2.16. The Morgan fingerprint density at radius 3 is 2.46 bits per heavy atom. The molecule has 1 N–H and O–H groups in total. The normalized spacial score (nSPS) is 11.1. The average molecular weight is 370 g/mol. The molecule has 1 heterocycles. The van der Waals surface area contributed by atoms with Crippen LogP contribution in [-0.4, -0.2) is 21.7 Å². The van der Waals surface area contributed by atoms with E-state index in [0.717, 1.165) is 0 Å². The van der Waals surface area contributed by atoms with E-state index in [1.54, 1.807) is 45.9 Å². The minimum absolute atomic E-state index is 0.275. The minimum atomic E-state index is -0.582. The van der Waals surface area contributed by atoms with Gasteiger partial charge in [-0.15, -0.1) is 0 Å². The fourth-order valence-corrected chi connectivity index (χ4v) is 2.19. The monoisotopic (exact) mass is 369 g/mol. The third kappa shape index (κ3) is 5.54. The van der Waals surface area contributed by atoms with Gasteiger partial charge in [-0.05, 0) is 45.9 Å². The summed E-state index contributed by atoms with van der Waals surface area (Å²) in [5.74, 6) is 1.14. The highest BCUT2D eigenvalue weighted by molar-refractivity contribution is 6.32. The van der Waals surface area contributed by atoms with Gasteiger partial charge < -0.3 is 9.47 Å². The number of anilines is 1. The second kappa shape index (κ2) is 7.23. The summed E-state index contributed by atoms with van der Waals surface area (Å²) in [6.07, 6.45) is -0.564. The Bertz CT molecular complexity index is 740. The van der Waals surface area contributed by atoms with Crippen LogP contribution in [0.15, 0.2) is 24.3 Å². The molecule has 1 aromatic carbocycles. The van der Waals surface area contributed by atoms with Gasteiger partial charge in [-0.1, -0.05) is 23.2 Å². The van der Waals surface area contributed by atoms with Crippen LogP contribution in [0.25, 0.3) is 0 Å². The highest BCUT2D eigenvalue weighted by Crippen LogP contribution is 2.31. The first-order chi connectivity index (χ1) is 11.1. The molecule has 1 amide bonds. The van der Waals surface area contributed by atoms with E-state index in [1.807, 2.05) is 0 Å². The number of aryl methyl sites for hydroxylation is 1. The van der Waals surface area contributed by atoms with E-state index >= 15 is 0 Å². The van der Waals surface area contributed by atoms with Gasteiger partial charge in [-0.2, -0.15) is 4.98 Å². The number of rotatable bonds is 3. The van der Waals surface area contributed by atoms with Gasteiger partial charge in [-0.3, -0.25) is 5.32 Å². The number of ether oxygens (including phenoxy) is 2. The number of nitrogens with zero attached hydrogens (tertiary/aromatic N) is 2. The van der Waals surface area contributed by atoms with Gasteiger partial charge in [-0.25, -0.2) is 9.78 Å². The molecule has 0 saturated heterocycles. The molecule has 0 saturated carbocycles. The van der Waals surface area contributed by atoms with Gasteiger partial charge >= 0.3 is 6.09 Å². The molecule has 0 aliphatic heterocycles. The molecule has 0 aliphatic carbocycles. The summed E-state index contributed by atoms with van der Waals surface area (Å²) in [5.41, 5.74) is -0.0975. The molecule has 0 spiro atoms. The average Bonchev–Trinajstić information content (AvgIpc) is 2.38. The molecule has 128 valence electrons. The predicted octanol–water partition coefficient (Wildman–Crippen LogP) is 5.23. The number of hydrogen-bond acceptors (Lipinski definition) is 5. The first-order valence-corrected chi connectivity index (χ1v) is 7.86. The molecule has 0 unspecified atom stereocenters. The molecule has 0 radical (unpaired) electrons. The molecule has 0 aliphatic rings. The van der Waals surface area contributed by atoms with Crippen LogP contribution in [0, 0.1) is 6.92 Å². The molecule has 0 atom stereocenters. The maximum Gasteiger partial charge on any atom is 0.412 e. The van der Waals surface area contributed by atoms with Crippen molar-refractivity contribution in [2.24, 2.45) is 0 Å². The Morgan fingerprint density at radius 1 is 1.17 bits per heavy atom. The van der Waals surface area contributed by atoms with Crippen molar-refractivity contribution in [1.82, 2.24) is 9.97 Å². The van der Waals surface area contributed by atoms with Crippen LogP contribution >= 0.6 is 23.2 Å². The largest absolute Gasteiger partial charge is 0.444 e. The van der Waals surface area contributed by atoms with Crippen LogP contribution in [0.5, 0.6) is 11.6 Å². The van der Waals surface area contributed by atoms with Crippen molar-refractivity contribution in [2.75, 3.05) is 5.32 Å². The molecule has 8 heteroatoms. The summed E-state index contributed by atoms with van der Waals surface area (Å²) in [4.78, 5) is 19.8. The molecule has 2 rings (SSSR count). The second-order valence-corrected chi connectivity index (χ2v) is 6.74. The van der Waals surface area contributed by atoms with E-state index in [2.05, 4.69) is 15.3 Å². The van der Waals surface area contributed by atoms with Gasteiger partial charge in [0.25, 0.3) is 0 Å². The number of halogens is 2. The van der Waals surface area contributed by atoms with Crippen molar-refractivity contribution in [3.05, 3.63) is 40.3 Å². The van der Waals surface area contributed by atoms with Crippen LogP contribution in [0.2, 0.25) is 10.2 Å². The Hall–Kier alpha value is -2.05. The summed E-state index contributed by atoms with van der Waals surface area (Å²) in [5, 5.41) is 3.18. The fourth-order valence-electron chi connectivity index (χ4n) is 1.75. The first-order valence-electron chi connectivity index (χ1n) is 7.11. The van der Waals surface area contributed by atoms with E-state index in [1.165, 1.54) is 6.07 Å². The zero-order valence-electron chi connectivity index (χ0n) is 13.7. The van der Waals surface area contributed by atoms with E-state index < -0.39 is 11.7 Å². The molecular formula is C16H17Cl2N3O3. The quantitative estimate of drug-likeness (QED) is 0.749. The van der Waals surface area contributed by atoms with E-state index in [-0.39, 0.29) is 11.0 Å². The smallest absolute Gasteiger partial charge is 0.412 e. The zero-order valence-corrected chi connectivity index (χ0v) is 15.2. The van der Waals surface area contributed by atoms with Gasteiger partial charge in [0.1, 0.15) is 22.3 Å². The second-order valence-electron chi connectivity index (χ2n) is 5.95. The van der Waals surface area contributed by atoms with Crippen molar-refractivity contribution in [3.8, 4) is 11.6 Å². The van der Waals surface area contributed by atoms with Gasteiger partial charge in [0.2, 0.25) is 5.88 Å². The van der Waals surface area contributed by atoms with Crippen LogP contribution in [0.3, 0.4) is 0 Å². The molecule has 24 heavy (non-hydrogen) atoms. The number of carbonyl (C=O) groups is 1. The van der Waals surface area contributed by atoms with Gasteiger partial charge in [0.05, 0.1) is 5.02 Å². The fraction of sp³-hybridized carbons (Fsp3) is 0.312. The lowest BCUT2D eigenvalue weighted by atomic mass is 10.2. The number of benzene rings is 1. The maximum atomic E-state index is 11.8. The topological polar surface area (TPSA) is 73.3 Å². The summed E-state index contributed by atoms with van der Waals surface area (Å²) in [7, 11) is 0. The standard InChI is InChI=1S/C16H17Cl2N3O3/c1-9-19-13(18)8-14(20-9)23-12-6-5-10(7-11(12)17)21-15(22)24-16(2,3)4/h5-8H,1-4H3,(H,21,22). The van der Waals surface area contributed by atoms with Crippen molar-refractivity contribution in [2.45, 2.75) is 33.3 Å². The van der Waals surface area contributed by atoms with Gasteiger partial charge in [0, 0.05) is 11.8 Å². The lowest BCUT2D eigenvalue weighted by molar-refractivity contribution is 0.0636. The van der Waals surface area contributed by atoms with Crippen molar-refractivity contribution >= 4 is 35.0 Å². The number of amides is 1. The predicted molar refractivity (Wildman–Crippen MR) is 93.2 cm³/mol. The van der Waals surface area contributed by atoms with Crippen molar-refractivity contribution in [3.63, 3.8) is 0 Å². The van der Waals surface area contributed by atoms with Crippen LogP contribution in [0.4, 0.5) is 10.5 Å². The van der Waals surface area contributed by atoms with Crippen LogP contribution in [0.1, 0.15) is 26.6 Å². The van der Waals surface area contributed by atoms with Crippen LogP contribution < -0.4 is 10.1 Å². The Kier molecular flexibility index (Phi) is 5.51. The van der Waals surface area contributed by atoms with E-state index in [9.17, 15) is 4.79 Å². The summed E-state index contributed by atoms with van der Waals surface area (Å²) in [6.45, 7) is 7.05. The lowest BCUT2D eigenvalue weighted by Gasteiger charge is -2.19. The Balaban J connectivity index is 2.10. The molecule has 1 aromatic heterocycles. The minimum Gasteiger partial charge on any atom is -0.444 e. The maximum absolute atomic E-state index is 11.8. The lowest BCUT2D eigenvalue weighted by Crippen LogP contribution is -2.27. The number of nitrogens with one attached hydrogen (secondary N) is 1. The highest BCUT2D eigenvalue weighted by atomic mass is 35.5. The number of carbonyl (C=O) groups excluding carboxylic acids is 1. The van der Waals surface area contributed by atoms with E-state index in [0.29, 0.717) is 22.3 Å². The van der Waals surface area contributed by atoms with Gasteiger partial charge in [0.15, 0.2) is 0 Å². The molecular weight excluding hydrogens is 353 g/mol. The van der Waals surface area contributed by atoms with Crippen molar-refractivity contribution < 1.29 is 14.3 Å². The third-order valence-electron chi connectivity index (χ3n) is 2.57. The summed E-state index contributed by atoms with van der Waals surface area (Å²) < 4.78 is 10.8. The number of hydrogen-bond donors (Lipinski definition) is 1. The molecule has 6 nitrogen and oxygen atoms in total. The molecule has 0 bridgehead atoms. The van der Waals surface area contributed by atoms with Crippen LogP contribution in [-0.2, 0) is 4.74 Å². The zero-order chi connectivity index (χ0) is 17.9. The molecule has 2 aromatic rings. The summed E-state index contributed by atoms with van der Waals surface area (Å²) >= 11 is 12.0.